The lowest BCUT2D eigenvalue weighted by molar-refractivity contribution is -0.135. The molecule has 6 rings (SSSR count). The first-order valence-electron chi connectivity index (χ1n) is 14.1. The summed E-state index contributed by atoms with van der Waals surface area (Å²) in [6.07, 6.45) is 3.10. The highest BCUT2D eigenvalue weighted by Crippen LogP contribution is 2.46. The number of halogens is 2. The van der Waals surface area contributed by atoms with Gasteiger partial charge in [-0.2, -0.15) is 0 Å². The average molecular weight is 575 g/mol. The van der Waals surface area contributed by atoms with Crippen molar-refractivity contribution in [1.82, 2.24) is 15.2 Å². The van der Waals surface area contributed by atoms with Gasteiger partial charge in [-0.3, -0.25) is 14.4 Å². The average Bonchev–Trinajstić information content (AvgIpc) is 3.41. The second-order valence-corrected chi connectivity index (χ2v) is 12.2. The Balaban J connectivity index is 1.23. The number of anilines is 1. The fourth-order valence-electron chi connectivity index (χ4n) is 6.64. The molecule has 3 heterocycles. The fourth-order valence-corrected chi connectivity index (χ4v) is 6.64. The van der Waals surface area contributed by atoms with Gasteiger partial charge in [-0.05, 0) is 80.5 Å². The number of hydrogen-bond acceptors (Lipinski definition) is 5. The van der Waals surface area contributed by atoms with E-state index in [1.165, 1.54) is 17.0 Å². The van der Waals surface area contributed by atoms with Gasteiger partial charge in [-0.15, -0.1) is 0 Å². The van der Waals surface area contributed by atoms with E-state index in [0.29, 0.717) is 30.6 Å². The van der Waals surface area contributed by atoms with Crippen LogP contribution in [0.2, 0.25) is 0 Å². The maximum Gasteiger partial charge on any atom is 0.251 e. The van der Waals surface area contributed by atoms with E-state index in [2.05, 4.69) is 15.6 Å². The van der Waals surface area contributed by atoms with Crippen LogP contribution in [0.25, 0.3) is 0 Å². The van der Waals surface area contributed by atoms with Crippen molar-refractivity contribution in [3.63, 3.8) is 0 Å². The molecule has 0 saturated carbocycles. The lowest BCUT2D eigenvalue weighted by atomic mass is 9.79. The van der Waals surface area contributed by atoms with E-state index in [0.717, 1.165) is 22.8 Å². The molecule has 3 aliphatic rings. The molecule has 218 valence electrons. The summed E-state index contributed by atoms with van der Waals surface area (Å²) in [6.45, 7) is 3.17. The maximum atomic E-state index is 14.7. The molecule has 1 aromatic heterocycles. The zero-order valence-electron chi connectivity index (χ0n) is 23.4. The lowest BCUT2D eigenvalue weighted by Crippen LogP contribution is -2.51. The normalized spacial score (nSPS) is 23.4. The first-order valence-corrected chi connectivity index (χ1v) is 14.1. The Morgan fingerprint density at radius 3 is 2.69 bits per heavy atom. The number of amides is 3. The quantitative estimate of drug-likeness (QED) is 0.431. The number of hydrogen-bond donors (Lipinski definition) is 3. The fraction of sp³-hybridized carbons (Fsp3) is 0.375. The number of carbonyl (C=O) groups excluding carboxylic acids is 3. The van der Waals surface area contributed by atoms with Crippen molar-refractivity contribution < 1.29 is 28.3 Å². The molecule has 3 unspecified atom stereocenters. The van der Waals surface area contributed by atoms with E-state index < -0.39 is 46.4 Å². The van der Waals surface area contributed by atoms with Crippen LogP contribution in [0.1, 0.15) is 65.2 Å². The predicted molar refractivity (Wildman–Crippen MR) is 151 cm³/mol. The van der Waals surface area contributed by atoms with Crippen LogP contribution in [0.3, 0.4) is 0 Å². The third-order valence-electron chi connectivity index (χ3n) is 8.60. The molecule has 10 heteroatoms. The molecule has 3 aromatic rings. The van der Waals surface area contributed by atoms with E-state index in [1.54, 1.807) is 38.2 Å². The van der Waals surface area contributed by atoms with Gasteiger partial charge >= 0.3 is 0 Å². The lowest BCUT2D eigenvalue weighted by Gasteiger charge is -2.32. The summed E-state index contributed by atoms with van der Waals surface area (Å²) in [5, 5.41) is 16.2. The molecule has 3 amide bonds. The Morgan fingerprint density at radius 2 is 1.90 bits per heavy atom. The van der Waals surface area contributed by atoms with Crippen LogP contribution < -0.4 is 10.6 Å². The van der Waals surface area contributed by atoms with Gasteiger partial charge in [-0.25, -0.2) is 13.8 Å². The number of rotatable bonds is 5. The minimum absolute atomic E-state index is 0.0367. The molecular weight excluding hydrogens is 542 g/mol. The van der Waals surface area contributed by atoms with Crippen molar-refractivity contribution in [2.75, 3.05) is 18.4 Å². The van der Waals surface area contributed by atoms with Crippen LogP contribution in [0.4, 0.5) is 14.6 Å². The monoisotopic (exact) mass is 574 g/mol. The minimum atomic E-state index is -1.24. The van der Waals surface area contributed by atoms with E-state index in [1.807, 2.05) is 12.1 Å². The molecule has 3 atom stereocenters. The maximum absolute atomic E-state index is 14.7. The van der Waals surface area contributed by atoms with E-state index in [4.69, 9.17) is 0 Å². The molecule has 2 aliphatic heterocycles. The van der Waals surface area contributed by atoms with Crippen molar-refractivity contribution in [2.45, 2.75) is 62.5 Å². The molecule has 8 nitrogen and oxygen atoms in total. The third kappa shape index (κ3) is 4.93. The van der Waals surface area contributed by atoms with Crippen molar-refractivity contribution in [3.05, 3.63) is 94.2 Å². The van der Waals surface area contributed by atoms with Crippen LogP contribution in [-0.2, 0) is 27.8 Å². The van der Waals surface area contributed by atoms with E-state index in [-0.39, 0.29) is 31.0 Å². The second-order valence-electron chi connectivity index (χ2n) is 12.2. The zero-order chi connectivity index (χ0) is 29.8. The molecule has 1 fully saturated rings. The van der Waals surface area contributed by atoms with Crippen molar-refractivity contribution >= 4 is 23.5 Å². The molecule has 1 aliphatic carbocycles. The summed E-state index contributed by atoms with van der Waals surface area (Å²) >= 11 is 0. The van der Waals surface area contributed by atoms with Gasteiger partial charge in [0, 0.05) is 36.3 Å². The minimum Gasteiger partial charge on any atom is -0.389 e. The van der Waals surface area contributed by atoms with Crippen LogP contribution in [-0.4, -0.2) is 57.4 Å². The summed E-state index contributed by atoms with van der Waals surface area (Å²) in [7, 11) is 0. The van der Waals surface area contributed by atoms with Gasteiger partial charge in [-0.1, -0.05) is 24.3 Å². The Morgan fingerprint density at radius 1 is 1.12 bits per heavy atom. The van der Waals surface area contributed by atoms with Gasteiger partial charge in [0.25, 0.3) is 5.91 Å². The van der Waals surface area contributed by atoms with Gasteiger partial charge in [0.2, 0.25) is 11.8 Å². The largest absolute Gasteiger partial charge is 0.389 e. The van der Waals surface area contributed by atoms with Gasteiger partial charge in [0.15, 0.2) is 11.6 Å². The molecule has 42 heavy (non-hydrogen) atoms. The van der Waals surface area contributed by atoms with Crippen molar-refractivity contribution in [1.29, 1.82) is 0 Å². The SMILES string of the molecule is CC(C)(O)CN1CC(c2cccc(F)c2F)CCC(NC(=O)c2ccc3c(c2)CC2(C3)C(=O)Nc3ncccc32)C1=O. The number of benzene rings is 2. The van der Waals surface area contributed by atoms with Crippen LogP contribution in [0.5, 0.6) is 0 Å². The molecule has 1 saturated heterocycles. The highest BCUT2D eigenvalue weighted by Gasteiger charge is 2.51. The number of nitrogens with one attached hydrogen (secondary N) is 2. The van der Waals surface area contributed by atoms with Gasteiger partial charge in [0.1, 0.15) is 11.9 Å². The zero-order valence-corrected chi connectivity index (χ0v) is 23.4. The van der Waals surface area contributed by atoms with Crippen molar-refractivity contribution in [3.8, 4) is 0 Å². The molecule has 0 radical (unpaired) electrons. The number of fused-ring (bicyclic) bond motifs is 3. The Bertz CT molecular complexity index is 1600. The smallest absolute Gasteiger partial charge is 0.251 e. The first-order chi connectivity index (χ1) is 19.9. The van der Waals surface area contributed by atoms with Crippen LogP contribution >= 0.6 is 0 Å². The predicted octanol–water partition coefficient (Wildman–Crippen LogP) is 3.62. The highest BCUT2D eigenvalue weighted by atomic mass is 19.2. The highest BCUT2D eigenvalue weighted by molar-refractivity contribution is 6.06. The molecule has 2 aromatic carbocycles. The number of aliphatic hydroxyl groups is 1. The topological polar surface area (TPSA) is 112 Å². The van der Waals surface area contributed by atoms with E-state index >= 15 is 0 Å². The number of nitrogens with zero attached hydrogens (tertiary/aromatic N) is 2. The van der Waals surface area contributed by atoms with E-state index in [9.17, 15) is 28.3 Å². The molecule has 1 spiro atoms. The number of pyridine rings is 1. The first kappa shape index (κ1) is 28.0. The number of likely N-dealkylation sites (tertiary alicyclic amines) is 1. The molecule has 0 bridgehead atoms. The second kappa shape index (κ2) is 10.3. The number of β-amino-alcohol motifs (C(OH)–C–C–N with tert-alkyl or cyclic N) is 1. The standard InChI is InChI=1S/C32H32F2N4O4/c1-31(2,42)17-38-16-20(22-5-3-7-24(33)26(22)34)10-11-25(29(38)40)36-28(39)18-8-9-19-14-32(15-21(19)13-18)23-6-4-12-35-27(23)37-30(32)41/h3-9,12-13,20,25,42H,10-11,14-17H2,1-2H3,(H,36,39)(H,35,37,41). The Labute approximate surface area is 242 Å². The van der Waals surface area contributed by atoms with Crippen LogP contribution in [0, 0.1) is 11.6 Å². The summed E-state index contributed by atoms with van der Waals surface area (Å²) in [5.41, 5.74) is 1.21. The van der Waals surface area contributed by atoms with Crippen LogP contribution in [0.15, 0.2) is 54.7 Å². The summed E-state index contributed by atoms with van der Waals surface area (Å²) in [4.78, 5) is 45.8. The number of aromatic nitrogens is 1. The number of carbonyl (C=O) groups is 3. The Kier molecular flexibility index (Phi) is 6.84. The summed E-state index contributed by atoms with van der Waals surface area (Å²) in [6, 6.07) is 12.1. The molecule has 3 N–H and O–H groups in total. The Hall–Kier alpha value is -4.18. The molecular formula is C32H32F2N4O4. The summed E-state index contributed by atoms with van der Waals surface area (Å²) in [5.74, 6) is -2.82. The summed E-state index contributed by atoms with van der Waals surface area (Å²) < 4.78 is 28.7. The van der Waals surface area contributed by atoms with Crippen molar-refractivity contribution in [2.24, 2.45) is 0 Å². The van der Waals surface area contributed by atoms with Gasteiger partial charge < -0.3 is 20.6 Å². The van der Waals surface area contributed by atoms with Gasteiger partial charge in [0.05, 0.1) is 11.0 Å². The third-order valence-corrected chi connectivity index (χ3v) is 8.60.